The molecule has 18 heavy (non-hydrogen) atoms. The first-order valence-corrected chi connectivity index (χ1v) is 6.70. The summed E-state index contributed by atoms with van der Waals surface area (Å²) in [5.74, 6) is 0.0264. The number of ketones is 1. The number of Topliss-reactive ketones (excluding diaryl/α,β-unsaturated/α-hetero) is 1. The monoisotopic (exact) mass is 246 g/mol. The summed E-state index contributed by atoms with van der Waals surface area (Å²) in [7, 11) is 0. The molecule has 1 aliphatic rings. The maximum absolute atomic E-state index is 11.2. The molecular weight excluding hydrogens is 224 g/mol. The lowest BCUT2D eigenvalue weighted by Crippen LogP contribution is -2.25. The number of hydrogen-bond acceptors (Lipinski definition) is 3. The van der Waals surface area contributed by atoms with Crippen LogP contribution in [0.4, 0.5) is 5.69 Å². The van der Waals surface area contributed by atoms with Crippen LogP contribution < -0.4 is 4.90 Å². The maximum atomic E-state index is 11.2. The van der Waals surface area contributed by atoms with Crippen LogP contribution in [0.1, 0.15) is 50.5 Å². The van der Waals surface area contributed by atoms with Gasteiger partial charge in [0.05, 0.1) is 11.9 Å². The number of carbonyl (C=O) groups is 1. The summed E-state index contributed by atoms with van der Waals surface area (Å²) in [6.07, 6.45) is 5.54. The fraction of sp³-hybridized carbons (Fsp3) is 0.600. The van der Waals surface area contributed by atoms with Gasteiger partial charge < -0.3 is 4.90 Å². The van der Waals surface area contributed by atoms with E-state index in [1.807, 2.05) is 18.3 Å². The number of rotatable bonds is 2. The van der Waals surface area contributed by atoms with Gasteiger partial charge >= 0.3 is 0 Å². The van der Waals surface area contributed by atoms with Gasteiger partial charge in [-0.15, -0.1) is 0 Å². The van der Waals surface area contributed by atoms with Gasteiger partial charge in [0.2, 0.25) is 0 Å². The fourth-order valence-corrected chi connectivity index (χ4v) is 2.46. The van der Waals surface area contributed by atoms with Crippen LogP contribution in [0.15, 0.2) is 18.3 Å². The fourth-order valence-electron chi connectivity index (χ4n) is 2.46. The average Bonchev–Trinajstić information content (AvgIpc) is 2.50. The molecule has 0 aliphatic carbocycles. The molecule has 0 saturated carbocycles. The second kappa shape index (κ2) is 5.09. The van der Waals surface area contributed by atoms with Crippen LogP contribution in [0.2, 0.25) is 0 Å². The molecule has 98 valence electrons. The van der Waals surface area contributed by atoms with Crippen molar-refractivity contribution in [2.45, 2.75) is 40.0 Å². The molecular formula is C15H22N2O. The van der Waals surface area contributed by atoms with Crippen LogP contribution in [0.25, 0.3) is 0 Å². The van der Waals surface area contributed by atoms with Gasteiger partial charge in [-0.05, 0) is 36.8 Å². The zero-order valence-corrected chi connectivity index (χ0v) is 11.6. The van der Waals surface area contributed by atoms with E-state index in [0.29, 0.717) is 11.1 Å². The summed E-state index contributed by atoms with van der Waals surface area (Å²) in [4.78, 5) is 17.8. The van der Waals surface area contributed by atoms with E-state index >= 15 is 0 Å². The second-order valence-electron chi connectivity index (χ2n) is 5.96. The van der Waals surface area contributed by atoms with Crippen LogP contribution >= 0.6 is 0 Å². The normalized spacial score (nSPS) is 19.4. The van der Waals surface area contributed by atoms with E-state index in [1.165, 1.54) is 19.3 Å². The van der Waals surface area contributed by atoms with Crippen LogP contribution in [-0.4, -0.2) is 23.9 Å². The highest BCUT2D eigenvalue weighted by atomic mass is 16.1. The predicted molar refractivity (Wildman–Crippen MR) is 74.1 cm³/mol. The van der Waals surface area contributed by atoms with Gasteiger partial charge in [0.25, 0.3) is 0 Å². The molecule has 3 nitrogen and oxygen atoms in total. The molecule has 0 radical (unpaired) electrons. The minimum Gasteiger partial charge on any atom is -0.370 e. The molecule has 0 bridgehead atoms. The molecule has 1 saturated heterocycles. The summed E-state index contributed by atoms with van der Waals surface area (Å²) in [6, 6.07) is 3.84. The van der Waals surface area contributed by atoms with E-state index < -0.39 is 0 Å². The quantitative estimate of drug-likeness (QED) is 0.751. The van der Waals surface area contributed by atoms with Crippen molar-refractivity contribution in [1.82, 2.24) is 4.98 Å². The number of hydrogen-bond donors (Lipinski definition) is 0. The SMILES string of the molecule is CC(=O)c1ccc(N2CCCC(C)(C)CC2)cn1. The first kappa shape index (κ1) is 13.1. The van der Waals surface area contributed by atoms with Crippen molar-refractivity contribution >= 4 is 11.5 Å². The minimum absolute atomic E-state index is 0.0264. The Kier molecular flexibility index (Phi) is 3.69. The van der Waals surface area contributed by atoms with Crippen molar-refractivity contribution in [2.24, 2.45) is 5.41 Å². The topological polar surface area (TPSA) is 33.2 Å². The molecule has 1 aromatic heterocycles. The van der Waals surface area contributed by atoms with Crippen molar-refractivity contribution in [3.63, 3.8) is 0 Å². The van der Waals surface area contributed by atoms with Crippen LogP contribution in [-0.2, 0) is 0 Å². The van der Waals surface area contributed by atoms with E-state index in [4.69, 9.17) is 0 Å². The Labute approximate surface area is 109 Å². The lowest BCUT2D eigenvalue weighted by Gasteiger charge is -2.24. The van der Waals surface area contributed by atoms with Gasteiger partial charge in [0.15, 0.2) is 5.78 Å². The third kappa shape index (κ3) is 3.09. The van der Waals surface area contributed by atoms with Crippen molar-refractivity contribution in [3.05, 3.63) is 24.0 Å². The molecule has 0 N–H and O–H groups in total. The predicted octanol–water partition coefficient (Wildman–Crippen LogP) is 3.30. The molecule has 1 aromatic rings. The van der Waals surface area contributed by atoms with Gasteiger partial charge in [0.1, 0.15) is 5.69 Å². The summed E-state index contributed by atoms with van der Waals surface area (Å²) < 4.78 is 0. The Hall–Kier alpha value is -1.38. The molecule has 0 amide bonds. The smallest absolute Gasteiger partial charge is 0.178 e. The Bertz CT molecular complexity index is 423. The van der Waals surface area contributed by atoms with E-state index in [1.54, 1.807) is 6.92 Å². The first-order valence-electron chi connectivity index (χ1n) is 6.70. The van der Waals surface area contributed by atoms with E-state index in [-0.39, 0.29) is 5.78 Å². The van der Waals surface area contributed by atoms with Gasteiger partial charge in [-0.2, -0.15) is 0 Å². The van der Waals surface area contributed by atoms with Gasteiger partial charge in [0, 0.05) is 20.0 Å². The summed E-state index contributed by atoms with van der Waals surface area (Å²) in [6.45, 7) is 8.40. The van der Waals surface area contributed by atoms with Crippen molar-refractivity contribution in [3.8, 4) is 0 Å². The Morgan fingerprint density at radius 3 is 2.67 bits per heavy atom. The van der Waals surface area contributed by atoms with Gasteiger partial charge in [-0.3, -0.25) is 9.78 Å². The lowest BCUT2D eigenvalue weighted by molar-refractivity contribution is 0.101. The number of anilines is 1. The van der Waals surface area contributed by atoms with Crippen LogP contribution in [0.3, 0.4) is 0 Å². The van der Waals surface area contributed by atoms with Crippen molar-refractivity contribution in [2.75, 3.05) is 18.0 Å². The highest BCUT2D eigenvalue weighted by molar-refractivity contribution is 5.92. The first-order chi connectivity index (χ1) is 8.48. The number of nitrogens with zero attached hydrogens (tertiary/aromatic N) is 2. The van der Waals surface area contributed by atoms with E-state index in [9.17, 15) is 4.79 Å². The molecule has 1 fully saturated rings. The van der Waals surface area contributed by atoms with Crippen LogP contribution in [0, 0.1) is 5.41 Å². The van der Waals surface area contributed by atoms with Crippen LogP contribution in [0.5, 0.6) is 0 Å². The minimum atomic E-state index is 0.0264. The number of pyridine rings is 1. The van der Waals surface area contributed by atoms with Crippen molar-refractivity contribution < 1.29 is 4.79 Å². The molecule has 1 aliphatic heterocycles. The van der Waals surface area contributed by atoms with E-state index in [2.05, 4.69) is 23.7 Å². The van der Waals surface area contributed by atoms with Crippen molar-refractivity contribution in [1.29, 1.82) is 0 Å². The lowest BCUT2D eigenvalue weighted by atomic mass is 9.85. The average molecular weight is 246 g/mol. The third-order valence-electron chi connectivity index (χ3n) is 3.81. The summed E-state index contributed by atoms with van der Waals surface area (Å²) in [5, 5.41) is 0. The van der Waals surface area contributed by atoms with Gasteiger partial charge in [-0.25, -0.2) is 0 Å². The molecule has 0 spiro atoms. The highest BCUT2D eigenvalue weighted by Gasteiger charge is 2.23. The second-order valence-corrected chi connectivity index (χ2v) is 5.96. The third-order valence-corrected chi connectivity index (χ3v) is 3.81. The molecule has 0 unspecified atom stereocenters. The number of carbonyl (C=O) groups excluding carboxylic acids is 1. The Morgan fingerprint density at radius 2 is 2.06 bits per heavy atom. The standard InChI is InChI=1S/C15H22N2O/c1-12(18)14-6-5-13(11-16-14)17-9-4-7-15(2,3)8-10-17/h5-6,11H,4,7-10H2,1-3H3. The highest BCUT2D eigenvalue weighted by Crippen LogP contribution is 2.31. The molecule has 0 aromatic carbocycles. The largest absolute Gasteiger partial charge is 0.370 e. The summed E-state index contributed by atoms with van der Waals surface area (Å²) >= 11 is 0. The maximum Gasteiger partial charge on any atom is 0.178 e. The van der Waals surface area contributed by atoms with Gasteiger partial charge in [-0.1, -0.05) is 13.8 Å². The van der Waals surface area contributed by atoms with E-state index in [0.717, 1.165) is 18.8 Å². The molecule has 0 atom stereocenters. The number of aromatic nitrogens is 1. The Morgan fingerprint density at radius 1 is 1.28 bits per heavy atom. The molecule has 2 rings (SSSR count). The summed E-state index contributed by atoms with van der Waals surface area (Å²) in [5.41, 5.74) is 2.13. The zero-order chi connectivity index (χ0) is 13.2. The molecule has 3 heteroatoms. The Balaban J connectivity index is 2.09. The zero-order valence-electron chi connectivity index (χ0n) is 11.6. The molecule has 2 heterocycles.